The number of pyridine rings is 2. The molecule has 6 heterocycles. The van der Waals surface area contributed by atoms with Gasteiger partial charge >= 0.3 is 24.1 Å². The molecule has 3 aromatic heterocycles. The second-order valence-electron chi connectivity index (χ2n) is 14.8. The number of rotatable bonds is 7. The molecule has 0 unspecified atom stereocenters. The maximum absolute atomic E-state index is 14.5. The number of carboxylic acid groups (broad SMARTS) is 3. The molecule has 3 aliphatic rings. The minimum atomic E-state index is -4.77. The van der Waals surface area contributed by atoms with Crippen LogP contribution in [-0.4, -0.2) is 148 Å². The molecule has 304 valence electrons. The minimum Gasteiger partial charge on any atom is -0.480 e. The number of aliphatic carboxylic acids is 2. The van der Waals surface area contributed by atoms with Gasteiger partial charge in [-0.2, -0.15) is 13.2 Å². The Morgan fingerprint density at radius 2 is 1.21 bits per heavy atom. The molecule has 0 aromatic carbocycles. The fourth-order valence-electron chi connectivity index (χ4n) is 7.03. The van der Waals surface area contributed by atoms with Crippen LogP contribution in [0.25, 0.3) is 11.4 Å². The van der Waals surface area contributed by atoms with Crippen LogP contribution in [0, 0.1) is 0 Å². The Bertz CT molecular complexity index is 1920. The summed E-state index contributed by atoms with van der Waals surface area (Å²) < 4.78 is 44.7. The van der Waals surface area contributed by atoms with Gasteiger partial charge in [0.15, 0.2) is 0 Å². The zero-order valence-corrected chi connectivity index (χ0v) is 31.9. The number of hydrogen-bond acceptors (Lipinski definition) is 12. The van der Waals surface area contributed by atoms with Crippen molar-refractivity contribution in [3.63, 3.8) is 0 Å². The van der Waals surface area contributed by atoms with Crippen LogP contribution in [0.4, 0.5) is 13.2 Å². The molecule has 56 heavy (non-hydrogen) atoms. The molecule has 6 bridgehead atoms. The SMILES string of the molecule is CC(=O)NC(C)(C)c1nnn2c1-c1cc(C(=O)O)cc(n1)CN1CCN([C@H](C)C(=O)O)CCN(CCN([C@H](C)C(=O)O)CC1)Cc1cc(C(F)(F)F)cc(n1)C2. The zero-order chi connectivity index (χ0) is 41.1. The van der Waals surface area contributed by atoms with Gasteiger partial charge in [-0.15, -0.1) is 5.10 Å². The van der Waals surface area contributed by atoms with Crippen LogP contribution in [0.1, 0.15) is 73.3 Å². The Kier molecular flexibility index (Phi) is 12.8. The van der Waals surface area contributed by atoms with E-state index >= 15 is 0 Å². The molecule has 0 saturated carbocycles. The van der Waals surface area contributed by atoms with Crippen LogP contribution < -0.4 is 5.32 Å². The summed E-state index contributed by atoms with van der Waals surface area (Å²) in [7, 11) is 0. The normalized spacial score (nSPS) is 20.3. The Morgan fingerprint density at radius 3 is 1.66 bits per heavy atom. The van der Waals surface area contributed by atoms with Crippen molar-refractivity contribution >= 4 is 23.8 Å². The van der Waals surface area contributed by atoms with Crippen molar-refractivity contribution in [1.82, 2.24) is 49.9 Å². The second kappa shape index (κ2) is 17.0. The van der Waals surface area contributed by atoms with E-state index in [0.717, 1.165) is 12.1 Å². The van der Waals surface area contributed by atoms with Crippen LogP contribution in [-0.2, 0) is 45.7 Å². The predicted octanol–water partition coefficient (Wildman–Crippen LogP) is 2.05. The summed E-state index contributed by atoms with van der Waals surface area (Å²) in [5.74, 6) is -3.82. The van der Waals surface area contributed by atoms with Crippen LogP contribution in [0.2, 0.25) is 0 Å². The predicted molar refractivity (Wildman–Crippen MR) is 193 cm³/mol. The van der Waals surface area contributed by atoms with E-state index in [4.69, 9.17) is 4.98 Å². The van der Waals surface area contributed by atoms with Gasteiger partial charge in [0.25, 0.3) is 0 Å². The van der Waals surface area contributed by atoms with E-state index in [0.29, 0.717) is 0 Å². The smallest absolute Gasteiger partial charge is 0.416 e. The molecule has 6 rings (SSSR count). The first-order chi connectivity index (χ1) is 26.2. The van der Waals surface area contributed by atoms with Gasteiger partial charge in [-0.3, -0.25) is 39.0 Å². The largest absolute Gasteiger partial charge is 0.480 e. The summed E-state index contributed by atoms with van der Waals surface area (Å²) in [6.45, 7) is 9.25. The van der Waals surface area contributed by atoms with E-state index in [1.165, 1.54) is 23.7 Å². The van der Waals surface area contributed by atoms with Gasteiger partial charge in [0.2, 0.25) is 5.91 Å². The topological polar surface area (TPSA) is 210 Å². The molecule has 1 amide bonds. The highest BCUT2D eigenvalue weighted by atomic mass is 19.4. The number of aromatic carboxylic acids is 1. The average Bonchev–Trinajstić information content (AvgIpc) is 3.53. The first kappa shape index (κ1) is 42.1. The molecule has 3 aliphatic heterocycles. The Balaban J connectivity index is 1.78. The number of carbonyl (C=O) groups is 4. The number of carbonyl (C=O) groups excluding carboxylic acids is 1. The fraction of sp³-hybridized carbons (Fsp3) is 0.556. The van der Waals surface area contributed by atoms with E-state index in [-0.39, 0.29) is 112 Å². The van der Waals surface area contributed by atoms with E-state index in [2.05, 4.69) is 20.6 Å². The minimum absolute atomic E-state index is 0.0462. The summed E-state index contributed by atoms with van der Waals surface area (Å²) in [5.41, 5.74) is -1.66. The first-order valence-corrected chi connectivity index (χ1v) is 18.1. The molecule has 0 spiro atoms. The van der Waals surface area contributed by atoms with E-state index < -0.39 is 53.2 Å². The number of halogens is 3. The number of nitrogens with zero attached hydrogens (tertiary/aromatic N) is 9. The van der Waals surface area contributed by atoms with E-state index in [9.17, 15) is 47.7 Å². The lowest BCUT2D eigenvalue weighted by molar-refractivity contribution is -0.143. The lowest BCUT2D eigenvalue weighted by atomic mass is 9.96. The number of amides is 1. The average molecular weight is 789 g/mol. The standard InChI is InChI=1S/C36H47F3N10O7/c1-21(32(51)52)47-10-6-45-7-11-48(22(2)33(53)54)13-9-46(8-12-47)19-27-16-25(36(37,38)39)17-28(40-27)20-49-30(31(43-44-49)35(4,5)42-23(3)50)29-15-24(34(55)56)14-26(18-45)41-29/h14-17,21-22H,6-13,18-20H2,1-5H3,(H,42,50)(H,51,52)(H,53,54)(H,55,56)/t21-,22-/m1/s1. The monoisotopic (exact) mass is 788 g/mol. The molecule has 4 N–H and O–H groups in total. The third-order valence-corrected chi connectivity index (χ3v) is 10.1. The van der Waals surface area contributed by atoms with Crippen molar-refractivity contribution in [3.05, 3.63) is 58.2 Å². The van der Waals surface area contributed by atoms with Crippen LogP contribution in [0.5, 0.6) is 0 Å². The summed E-state index contributed by atoms with van der Waals surface area (Å²) in [4.78, 5) is 66.1. The third-order valence-electron chi connectivity index (χ3n) is 10.1. The van der Waals surface area contributed by atoms with Crippen molar-refractivity contribution < 1.29 is 47.7 Å². The number of nitrogens with one attached hydrogen (secondary N) is 1. The number of aromatic nitrogens is 5. The Hall–Kier alpha value is -5.05. The highest BCUT2D eigenvalue weighted by molar-refractivity contribution is 5.89. The van der Waals surface area contributed by atoms with Gasteiger partial charge in [-0.25, -0.2) is 14.5 Å². The van der Waals surface area contributed by atoms with Gasteiger partial charge in [0, 0.05) is 72.4 Å². The summed E-state index contributed by atoms with van der Waals surface area (Å²) in [5, 5.41) is 41.7. The highest BCUT2D eigenvalue weighted by Gasteiger charge is 2.35. The summed E-state index contributed by atoms with van der Waals surface area (Å²) >= 11 is 0. The maximum Gasteiger partial charge on any atom is 0.416 e. The highest BCUT2D eigenvalue weighted by Crippen LogP contribution is 2.33. The molecule has 0 radical (unpaired) electrons. The van der Waals surface area contributed by atoms with Crippen molar-refractivity contribution in [3.8, 4) is 11.4 Å². The molecular weight excluding hydrogens is 741 g/mol. The molecule has 3 aromatic rings. The van der Waals surface area contributed by atoms with E-state index in [1.54, 1.807) is 37.5 Å². The van der Waals surface area contributed by atoms with Gasteiger partial charge in [-0.1, -0.05) is 5.21 Å². The maximum atomic E-state index is 14.5. The number of alkyl halides is 3. The first-order valence-electron chi connectivity index (χ1n) is 18.1. The van der Waals surface area contributed by atoms with Gasteiger partial charge in [0.1, 0.15) is 23.5 Å². The lowest BCUT2D eigenvalue weighted by Crippen LogP contribution is -2.51. The van der Waals surface area contributed by atoms with Crippen molar-refractivity contribution in [2.45, 2.75) is 78.1 Å². The Morgan fingerprint density at radius 1 is 0.732 bits per heavy atom. The van der Waals surface area contributed by atoms with Gasteiger partial charge in [0.05, 0.1) is 46.0 Å². The third kappa shape index (κ3) is 10.2. The molecule has 20 heteroatoms. The molecular formula is C36H47F3N10O7. The van der Waals surface area contributed by atoms with Crippen LogP contribution in [0.15, 0.2) is 24.3 Å². The van der Waals surface area contributed by atoms with Crippen molar-refractivity contribution in [1.29, 1.82) is 0 Å². The molecule has 0 aliphatic carbocycles. The Labute approximate surface area is 321 Å². The lowest BCUT2D eigenvalue weighted by Gasteiger charge is -2.36. The molecule has 2 atom stereocenters. The number of carboxylic acids is 3. The molecule has 1 saturated heterocycles. The van der Waals surface area contributed by atoms with Crippen LogP contribution in [0.3, 0.4) is 0 Å². The van der Waals surface area contributed by atoms with Crippen molar-refractivity contribution in [2.75, 3.05) is 52.4 Å². The zero-order valence-electron chi connectivity index (χ0n) is 31.9. The summed E-state index contributed by atoms with van der Waals surface area (Å²) in [6.07, 6.45) is -4.77. The second-order valence-corrected chi connectivity index (χ2v) is 14.8. The number of hydrogen-bond donors (Lipinski definition) is 4. The molecule has 1 fully saturated rings. The van der Waals surface area contributed by atoms with Gasteiger partial charge < -0.3 is 20.6 Å². The van der Waals surface area contributed by atoms with Gasteiger partial charge in [-0.05, 0) is 52.0 Å². The summed E-state index contributed by atoms with van der Waals surface area (Å²) in [6, 6.07) is 2.68. The number of fused-ring (bicyclic) bond motifs is 8. The molecule has 17 nitrogen and oxygen atoms in total. The van der Waals surface area contributed by atoms with Crippen LogP contribution >= 0.6 is 0 Å². The fourth-order valence-corrected chi connectivity index (χ4v) is 7.03. The quantitative estimate of drug-likeness (QED) is 0.270. The van der Waals surface area contributed by atoms with E-state index in [1.807, 2.05) is 9.80 Å². The van der Waals surface area contributed by atoms with Crippen molar-refractivity contribution in [2.24, 2.45) is 0 Å².